The van der Waals surface area contributed by atoms with E-state index < -0.39 is 0 Å². The highest BCUT2D eigenvalue weighted by molar-refractivity contribution is 6.36. The fourth-order valence-electron chi connectivity index (χ4n) is 2.57. The van der Waals surface area contributed by atoms with E-state index in [4.69, 9.17) is 11.6 Å². The monoisotopic (exact) mass is 266 g/mol. The molecule has 0 spiro atoms. The second-order valence-electron chi connectivity index (χ2n) is 4.65. The van der Waals surface area contributed by atoms with Crippen molar-refractivity contribution >= 4 is 33.3 Å². The van der Waals surface area contributed by atoms with Gasteiger partial charge in [0.2, 0.25) is 0 Å². The van der Waals surface area contributed by atoms with Crippen LogP contribution in [-0.4, -0.2) is 9.97 Å². The zero-order valence-corrected chi connectivity index (χ0v) is 10.8. The SMILES string of the molecule is Clc1ccc(-c2cc3ccccc3[nH]2)c2c[nH]cc12. The van der Waals surface area contributed by atoms with Crippen LogP contribution in [0.1, 0.15) is 0 Å². The quantitative estimate of drug-likeness (QED) is 0.487. The average molecular weight is 267 g/mol. The van der Waals surface area contributed by atoms with Crippen LogP contribution in [0.3, 0.4) is 0 Å². The number of aromatic nitrogens is 2. The van der Waals surface area contributed by atoms with Gasteiger partial charge < -0.3 is 9.97 Å². The number of aromatic amines is 2. The van der Waals surface area contributed by atoms with Gasteiger partial charge in [0.15, 0.2) is 0 Å². The van der Waals surface area contributed by atoms with Gasteiger partial charge in [-0.3, -0.25) is 0 Å². The summed E-state index contributed by atoms with van der Waals surface area (Å²) in [4.78, 5) is 6.58. The zero-order valence-electron chi connectivity index (χ0n) is 10.1. The third-order valence-electron chi connectivity index (χ3n) is 3.51. The molecule has 0 saturated heterocycles. The second-order valence-corrected chi connectivity index (χ2v) is 5.06. The molecule has 0 radical (unpaired) electrons. The van der Waals surface area contributed by atoms with Gasteiger partial charge in [0.1, 0.15) is 0 Å². The van der Waals surface area contributed by atoms with Crippen LogP contribution < -0.4 is 0 Å². The van der Waals surface area contributed by atoms with E-state index in [9.17, 15) is 0 Å². The second kappa shape index (κ2) is 3.90. The van der Waals surface area contributed by atoms with E-state index in [2.05, 4.69) is 34.2 Å². The number of hydrogen-bond donors (Lipinski definition) is 2. The van der Waals surface area contributed by atoms with Gasteiger partial charge in [0, 0.05) is 50.3 Å². The lowest BCUT2D eigenvalue weighted by molar-refractivity contribution is 1.42. The third-order valence-corrected chi connectivity index (χ3v) is 3.84. The Morgan fingerprint density at radius 1 is 0.895 bits per heavy atom. The molecule has 19 heavy (non-hydrogen) atoms. The van der Waals surface area contributed by atoms with Gasteiger partial charge in [0.25, 0.3) is 0 Å². The molecule has 2 nitrogen and oxygen atoms in total. The molecule has 0 saturated carbocycles. The predicted molar refractivity (Wildman–Crippen MR) is 80.6 cm³/mol. The highest BCUT2D eigenvalue weighted by Gasteiger charge is 2.09. The molecule has 4 aromatic rings. The maximum Gasteiger partial charge on any atom is 0.0500 e. The first-order valence-corrected chi connectivity index (χ1v) is 6.54. The maximum atomic E-state index is 6.21. The number of H-pyrrole nitrogens is 2. The van der Waals surface area contributed by atoms with Gasteiger partial charge in [-0.2, -0.15) is 0 Å². The Morgan fingerprint density at radius 2 is 1.74 bits per heavy atom. The number of halogens is 1. The van der Waals surface area contributed by atoms with Crippen molar-refractivity contribution in [3.63, 3.8) is 0 Å². The van der Waals surface area contributed by atoms with Crippen molar-refractivity contribution in [2.45, 2.75) is 0 Å². The van der Waals surface area contributed by atoms with Crippen LogP contribution >= 0.6 is 11.6 Å². The Bertz CT molecular complexity index is 853. The lowest BCUT2D eigenvalue weighted by atomic mass is 10.1. The van der Waals surface area contributed by atoms with Crippen LogP contribution in [0, 0.1) is 0 Å². The fraction of sp³-hybridized carbons (Fsp3) is 0. The first kappa shape index (κ1) is 10.7. The summed E-state index contributed by atoms with van der Waals surface area (Å²) in [5.74, 6) is 0. The summed E-state index contributed by atoms with van der Waals surface area (Å²) in [6, 6.07) is 14.5. The van der Waals surface area contributed by atoms with Gasteiger partial charge in [-0.15, -0.1) is 0 Å². The summed E-state index contributed by atoms with van der Waals surface area (Å²) in [5.41, 5.74) is 3.43. The third kappa shape index (κ3) is 1.57. The van der Waals surface area contributed by atoms with Crippen molar-refractivity contribution in [3.05, 3.63) is 59.9 Å². The molecule has 0 bridgehead atoms. The molecule has 2 heterocycles. The first-order valence-electron chi connectivity index (χ1n) is 6.16. The van der Waals surface area contributed by atoms with Crippen LogP contribution in [0.4, 0.5) is 0 Å². The minimum atomic E-state index is 0.774. The van der Waals surface area contributed by atoms with Crippen molar-refractivity contribution in [2.75, 3.05) is 0 Å². The van der Waals surface area contributed by atoms with E-state index in [1.807, 2.05) is 30.6 Å². The van der Waals surface area contributed by atoms with E-state index in [1.54, 1.807) is 0 Å². The molecule has 0 unspecified atom stereocenters. The summed E-state index contributed by atoms with van der Waals surface area (Å²) in [6.45, 7) is 0. The molecule has 0 aliphatic heterocycles. The molecule has 2 aromatic carbocycles. The van der Waals surface area contributed by atoms with E-state index in [0.717, 1.165) is 32.6 Å². The van der Waals surface area contributed by atoms with Gasteiger partial charge >= 0.3 is 0 Å². The molecule has 2 aromatic heterocycles. The molecule has 4 rings (SSSR count). The standard InChI is InChI=1S/C16H11ClN2/c17-14-6-5-11(12-8-18-9-13(12)14)16-7-10-3-1-2-4-15(10)19-16/h1-9,18-19H. The Labute approximate surface area is 115 Å². The van der Waals surface area contributed by atoms with Crippen LogP contribution in [0.5, 0.6) is 0 Å². The number of nitrogens with one attached hydrogen (secondary N) is 2. The molecule has 0 aliphatic carbocycles. The molecule has 3 heteroatoms. The summed E-state index contributed by atoms with van der Waals surface area (Å²) in [7, 11) is 0. The number of fused-ring (bicyclic) bond motifs is 2. The Hall–Kier alpha value is -2.19. The predicted octanol–water partition coefficient (Wildman–Crippen LogP) is 4.97. The molecule has 92 valence electrons. The largest absolute Gasteiger partial charge is 0.366 e. The topological polar surface area (TPSA) is 31.6 Å². The number of benzene rings is 2. The van der Waals surface area contributed by atoms with Gasteiger partial charge in [-0.1, -0.05) is 35.9 Å². The summed E-state index contributed by atoms with van der Waals surface area (Å²) in [6.07, 6.45) is 3.92. The molecule has 0 atom stereocenters. The van der Waals surface area contributed by atoms with Crippen molar-refractivity contribution in [1.82, 2.24) is 9.97 Å². The lowest BCUT2D eigenvalue weighted by Crippen LogP contribution is -1.79. The summed E-state index contributed by atoms with van der Waals surface area (Å²) in [5, 5.41) is 4.18. The van der Waals surface area contributed by atoms with Crippen molar-refractivity contribution in [2.24, 2.45) is 0 Å². The first-order chi connectivity index (χ1) is 9.33. The summed E-state index contributed by atoms with van der Waals surface area (Å²) >= 11 is 6.21. The molecular weight excluding hydrogens is 256 g/mol. The highest BCUT2D eigenvalue weighted by Crippen LogP contribution is 2.33. The van der Waals surface area contributed by atoms with Crippen molar-refractivity contribution in [3.8, 4) is 11.3 Å². The maximum absolute atomic E-state index is 6.21. The normalized spacial score (nSPS) is 11.4. The fourth-order valence-corrected chi connectivity index (χ4v) is 2.79. The molecule has 0 amide bonds. The molecule has 0 aliphatic rings. The number of hydrogen-bond acceptors (Lipinski definition) is 0. The van der Waals surface area contributed by atoms with Crippen LogP contribution in [-0.2, 0) is 0 Å². The molecular formula is C16H11ClN2. The van der Waals surface area contributed by atoms with E-state index >= 15 is 0 Å². The van der Waals surface area contributed by atoms with Crippen molar-refractivity contribution < 1.29 is 0 Å². The highest BCUT2D eigenvalue weighted by atomic mass is 35.5. The average Bonchev–Trinajstić information content (AvgIpc) is 3.05. The Kier molecular flexibility index (Phi) is 2.20. The number of rotatable bonds is 1. The summed E-state index contributed by atoms with van der Waals surface area (Å²) < 4.78 is 0. The van der Waals surface area contributed by atoms with E-state index in [-0.39, 0.29) is 0 Å². The van der Waals surface area contributed by atoms with E-state index in [1.165, 1.54) is 5.39 Å². The minimum absolute atomic E-state index is 0.774. The van der Waals surface area contributed by atoms with Crippen LogP contribution in [0.15, 0.2) is 54.9 Å². The lowest BCUT2D eigenvalue weighted by Gasteiger charge is -2.02. The Morgan fingerprint density at radius 3 is 2.63 bits per heavy atom. The van der Waals surface area contributed by atoms with Gasteiger partial charge in [-0.05, 0) is 18.2 Å². The molecule has 0 fully saturated rings. The van der Waals surface area contributed by atoms with E-state index in [0.29, 0.717) is 0 Å². The Balaban J connectivity index is 2.03. The van der Waals surface area contributed by atoms with Gasteiger partial charge in [0.05, 0.1) is 0 Å². The minimum Gasteiger partial charge on any atom is -0.366 e. The number of para-hydroxylation sites is 1. The zero-order chi connectivity index (χ0) is 12.8. The van der Waals surface area contributed by atoms with Crippen LogP contribution in [0.2, 0.25) is 5.02 Å². The van der Waals surface area contributed by atoms with Gasteiger partial charge in [-0.25, -0.2) is 0 Å². The van der Waals surface area contributed by atoms with Crippen LogP contribution in [0.25, 0.3) is 32.9 Å². The molecule has 2 N–H and O–H groups in total. The smallest absolute Gasteiger partial charge is 0.0500 e. The van der Waals surface area contributed by atoms with Crippen molar-refractivity contribution in [1.29, 1.82) is 0 Å².